The van der Waals surface area contributed by atoms with E-state index in [1.54, 1.807) is 6.21 Å². The number of anilines is 1. The molecule has 0 unspecified atom stereocenters. The predicted octanol–water partition coefficient (Wildman–Crippen LogP) is 4.60. The Kier molecular flexibility index (Phi) is 5.57. The number of hydrogen-bond acceptors (Lipinski definition) is 6. The molecule has 0 saturated heterocycles. The second-order valence-electron chi connectivity index (χ2n) is 7.55. The van der Waals surface area contributed by atoms with E-state index in [1.807, 2.05) is 43.5 Å². The number of aliphatic hydroxyl groups is 1. The summed E-state index contributed by atoms with van der Waals surface area (Å²) >= 11 is 0. The number of aromatic nitrogens is 1. The number of benzene rings is 1. The number of nitrogens with two attached hydrogens (primary N) is 1. The molecule has 30 heavy (non-hydrogen) atoms. The quantitative estimate of drug-likeness (QED) is 0.465. The van der Waals surface area contributed by atoms with Gasteiger partial charge in [0.1, 0.15) is 23.1 Å². The summed E-state index contributed by atoms with van der Waals surface area (Å²) < 4.78 is 5.91. The fourth-order valence-corrected chi connectivity index (χ4v) is 3.47. The molecule has 1 aromatic carbocycles. The maximum absolute atomic E-state index is 10.3. The number of aliphatic hydroxyl groups excluding tert-OH is 1. The topological polar surface area (TPSA) is 92.8 Å². The molecule has 0 spiro atoms. The number of ether oxygens (including phenoxy) is 1. The van der Waals surface area contributed by atoms with E-state index in [0.29, 0.717) is 18.9 Å². The van der Waals surface area contributed by atoms with Crippen LogP contribution < -0.4 is 15.8 Å². The summed E-state index contributed by atoms with van der Waals surface area (Å²) in [6.07, 6.45) is 8.13. The van der Waals surface area contributed by atoms with E-state index in [4.69, 9.17) is 10.5 Å². The van der Waals surface area contributed by atoms with Gasteiger partial charge in [0.15, 0.2) is 0 Å². The van der Waals surface area contributed by atoms with Crippen molar-refractivity contribution in [2.24, 2.45) is 10.7 Å². The summed E-state index contributed by atoms with van der Waals surface area (Å²) in [7, 11) is 0. The van der Waals surface area contributed by atoms with E-state index < -0.39 is 0 Å². The number of nitrogens with one attached hydrogen (secondary N) is 1. The lowest BCUT2D eigenvalue weighted by Gasteiger charge is -2.13. The summed E-state index contributed by atoms with van der Waals surface area (Å²) in [5.41, 5.74) is 11.6. The third kappa shape index (κ3) is 4.38. The molecule has 2 aliphatic rings. The number of fused-ring (bicyclic) bond motifs is 1. The second kappa shape index (κ2) is 8.45. The Morgan fingerprint density at radius 2 is 2.20 bits per heavy atom. The number of allylic oxidation sites excluding steroid dienone is 3. The SMILES string of the molecule is C=C(N)N=C/C=C(\C)c1cnc(NCc2cccc(C(O)=C3CC3)c2)c2c1OCC2. The zero-order valence-electron chi connectivity index (χ0n) is 17.1. The van der Waals surface area contributed by atoms with Crippen LogP contribution >= 0.6 is 0 Å². The van der Waals surface area contributed by atoms with Gasteiger partial charge in [0, 0.05) is 42.1 Å². The molecule has 0 atom stereocenters. The van der Waals surface area contributed by atoms with Crippen molar-refractivity contribution < 1.29 is 9.84 Å². The summed E-state index contributed by atoms with van der Waals surface area (Å²) in [4.78, 5) is 8.63. The third-order valence-corrected chi connectivity index (χ3v) is 5.21. The molecule has 0 radical (unpaired) electrons. The molecule has 6 heteroatoms. The molecule has 6 nitrogen and oxygen atoms in total. The van der Waals surface area contributed by atoms with Crippen LogP contribution in [0.5, 0.6) is 5.75 Å². The number of hydrogen-bond donors (Lipinski definition) is 3. The van der Waals surface area contributed by atoms with Crippen LogP contribution in [0.15, 0.2) is 59.5 Å². The average Bonchev–Trinajstić information content (AvgIpc) is 3.47. The van der Waals surface area contributed by atoms with Crippen LogP contribution in [-0.4, -0.2) is 22.9 Å². The van der Waals surface area contributed by atoms with Gasteiger partial charge in [-0.2, -0.15) is 0 Å². The Labute approximate surface area is 176 Å². The molecular formula is C24H26N4O2. The fourth-order valence-electron chi connectivity index (χ4n) is 3.47. The van der Waals surface area contributed by atoms with Crippen molar-refractivity contribution in [1.82, 2.24) is 4.98 Å². The normalized spacial score (nSPS) is 15.1. The van der Waals surface area contributed by atoms with Crippen LogP contribution in [0.3, 0.4) is 0 Å². The summed E-state index contributed by atoms with van der Waals surface area (Å²) in [5.74, 6) is 2.39. The van der Waals surface area contributed by atoms with Gasteiger partial charge in [-0.3, -0.25) is 0 Å². The number of nitrogens with zero attached hydrogens (tertiary/aromatic N) is 2. The fraction of sp³-hybridized carbons (Fsp3) is 0.250. The van der Waals surface area contributed by atoms with E-state index in [0.717, 1.165) is 64.2 Å². The smallest absolute Gasteiger partial charge is 0.135 e. The lowest BCUT2D eigenvalue weighted by Crippen LogP contribution is -2.05. The Bertz CT molecular complexity index is 1080. The molecule has 1 saturated carbocycles. The van der Waals surface area contributed by atoms with E-state index in [9.17, 15) is 5.11 Å². The zero-order valence-corrected chi connectivity index (χ0v) is 17.1. The van der Waals surface area contributed by atoms with E-state index in [-0.39, 0.29) is 5.82 Å². The Balaban J connectivity index is 1.52. The molecule has 2 heterocycles. The largest absolute Gasteiger partial charge is 0.507 e. The Hall–Kier alpha value is -3.54. The Morgan fingerprint density at radius 3 is 2.97 bits per heavy atom. The lowest BCUT2D eigenvalue weighted by atomic mass is 10.0. The standard InChI is InChI=1S/C24H26N4O2/c1-15(8-10-26-16(2)25)21-14-28-24(20-9-11-30-23(20)21)27-13-17-4-3-5-19(12-17)22(29)18-6-7-18/h3-5,8,10,12,14,29H,2,6-7,9,11,13,25H2,1H3,(H,27,28)/b15-8+,26-10?. The van der Waals surface area contributed by atoms with Crippen molar-refractivity contribution in [1.29, 1.82) is 0 Å². The first-order valence-corrected chi connectivity index (χ1v) is 10.1. The highest BCUT2D eigenvalue weighted by Gasteiger charge is 2.22. The van der Waals surface area contributed by atoms with E-state index >= 15 is 0 Å². The maximum atomic E-state index is 10.3. The highest BCUT2D eigenvalue weighted by Crippen LogP contribution is 2.37. The molecule has 154 valence electrons. The zero-order chi connectivity index (χ0) is 21.1. The van der Waals surface area contributed by atoms with Gasteiger partial charge in [-0.1, -0.05) is 24.8 Å². The van der Waals surface area contributed by atoms with Crippen LogP contribution in [0.25, 0.3) is 11.3 Å². The highest BCUT2D eigenvalue weighted by molar-refractivity contribution is 5.86. The minimum atomic E-state index is 0.268. The van der Waals surface area contributed by atoms with Crippen molar-refractivity contribution in [2.45, 2.75) is 32.7 Å². The average molecular weight is 402 g/mol. The monoisotopic (exact) mass is 402 g/mol. The van der Waals surface area contributed by atoms with Gasteiger partial charge >= 0.3 is 0 Å². The molecule has 1 aromatic heterocycles. The number of pyridine rings is 1. The highest BCUT2D eigenvalue weighted by atomic mass is 16.5. The van der Waals surface area contributed by atoms with Crippen LogP contribution in [0.1, 0.15) is 42.0 Å². The third-order valence-electron chi connectivity index (χ3n) is 5.21. The first-order valence-electron chi connectivity index (χ1n) is 10.1. The summed E-state index contributed by atoms with van der Waals surface area (Å²) in [6.45, 7) is 6.80. The van der Waals surface area contributed by atoms with Gasteiger partial charge in [-0.05, 0) is 48.6 Å². The van der Waals surface area contributed by atoms with Crippen LogP contribution in [0.4, 0.5) is 5.82 Å². The first-order chi connectivity index (χ1) is 14.5. The molecule has 1 aliphatic carbocycles. The van der Waals surface area contributed by atoms with Gasteiger partial charge in [0.2, 0.25) is 0 Å². The molecule has 2 aromatic rings. The van der Waals surface area contributed by atoms with Crippen molar-refractivity contribution in [3.05, 3.63) is 76.8 Å². The maximum Gasteiger partial charge on any atom is 0.135 e. The van der Waals surface area contributed by atoms with Gasteiger partial charge in [-0.25, -0.2) is 9.98 Å². The number of rotatable bonds is 7. The molecule has 0 bridgehead atoms. The minimum Gasteiger partial charge on any atom is -0.507 e. The summed E-state index contributed by atoms with van der Waals surface area (Å²) in [5, 5.41) is 13.7. The van der Waals surface area contributed by atoms with Crippen LogP contribution in [0, 0.1) is 0 Å². The van der Waals surface area contributed by atoms with Gasteiger partial charge in [-0.15, -0.1) is 0 Å². The van der Waals surface area contributed by atoms with Gasteiger partial charge < -0.3 is 20.9 Å². The molecule has 1 aliphatic heterocycles. The van der Waals surface area contributed by atoms with Crippen LogP contribution in [0.2, 0.25) is 0 Å². The van der Waals surface area contributed by atoms with E-state index in [1.165, 1.54) is 0 Å². The number of aliphatic imine (C=N–C) groups is 1. The van der Waals surface area contributed by atoms with Crippen molar-refractivity contribution in [3.63, 3.8) is 0 Å². The molecule has 4 rings (SSSR count). The summed E-state index contributed by atoms with van der Waals surface area (Å²) in [6, 6.07) is 7.99. The minimum absolute atomic E-state index is 0.268. The second-order valence-corrected chi connectivity index (χ2v) is 7.55. The predicted molar refractivity (Wildman–Crippen MR) is 121 cm³/mol. The van der Waals surface area contributed by atoms with Gasteiger partial charge in [0.25, 0.3) is 0 Å². The lowest BCUT2D eigenvalue weighted by molar-refractivity contribution is 0.356. The van der Waals surface area contributed by atoms with Gasteiger partial charge in [0.05, 0.1) is 6.61 Å². The Morgan fingerprint density at radius 1 is 1.37 bits per heavy atom. The van der Waals surface area contributed by atoms with Crippen LogP contribution in [-0.2, 0) is 13.0 Å². The van der Waals surface area contributed by atoms with Crippen molar-refractivity contribution in [2.75, 3.05) is 11.9 Å². The first kappa shape index (κ1) is 19.8. The molecule has 4 N–H and O–H groups in total. The van der Waals surface area contributed by atoms with Crippen molar-refractivity contribution >= 4 is 23.4 Å². The van der Waals surface area contributed by atoms with E-state index in [2.05, 4.69) is 21.9 Å². The van der Waals surface area contributed by atoms with Crippen molar-refractivity contribution in [3.8, 4) is 5.75 Å². The molecular weight excluding hydrogens is 376 g/mol. The molecule has 1 fully saturated rings. The molecule has 0 amide bonds.